The van der Waals surface area contributed by atoms with Gasteiger partial charge in [0.15, 0.2) is 0 Å². The lowest BCUT2D eigenvalue weighted by Gasteiger charge is -2.19. The van der Waals surface area contributed by atoms with Crippen LogP contribution in [0, 0.1) is 6.92 Å². The van der Waals surface area contributed by atoms with Gasteiger partial charge in [-0.1, -0.05) is 12.1 Å². The minimum Gasteiger partial charge on any atom is -0.457 e. The first-order chi connectivity index (χ1) is 8.33. The zero-order valence-electron chi connectivity index (χ0n) is 9.19. The van der Waals surface area contributed by atoms with E-state index in [-0.39, 0.29) is 6.79 Å². The number of rotatable bonds is 0. The Morgan fingerprint density at radius 1 is 1.24 bits per heavy atom. The van der Waals surface area contributed by atoms with Gasteiger partial charge in [-0.15, -0.1) is 11.3 Å². The first kappa shape index (κ1) is 9.24. The van der Waals surface area contributed by atoms with Crippen LogP contribution in [0.3, 0.4) is 0 Å². The Labute approximate surface area is 102 Å². The molecule has 0 aliphatic carbocycles. The van der Waals surface area contributed by atoms with Crippen LogP contribution in [0.1, 0.15) is 5.01 Å². The Balaban J connectivity index is 2.29. The Morgan fingerprint density at radius 2 is 2.12 bits per heavy atom. The third-order valence-electron chi connectivity index (χ3n) is 2.98. The number of aryl methyl sites for hydroxylation is 1. The number of nitrogens with zero attached hydrogens (tertiary/aromatic N) is 1. The van der Waals surface area contributed by atoms with E-state index in [1.54, 1.807) is 11.3 Å². The van der Waals surface area contributed by atoms with E-state index < -0.39 is 0 Å². The second-order valence-corrected chi connectivity index (χ2v) is 5.27. The SMILES string of the molecule is Cc1nc2c(cc3c4c(cccc42)OCO3)s1. The minimum absolute atomic E-state index is 0.287. The van der Waals surface area contributed by atoms with E-state index in [1.165, 1.54) is 4.70 Å². The molecule has 0 N–H and O–H groups in total. The molecule has 2 aromatic carbocycles. The normalized spacial score (nSPS) is 13.7. The molecule has 0 fully saturated rings. The maximum absolute atomic E-state index is 5.57. The van der Waals surface area contributed by atoms with E-state index in [0.717, 1.165) is 32.8 Å². The molecule has 0 saturated heterocycles. The summed E-state index contributed by atoms with van der Waals surface area (Å²) in [5.74, 6) is 1.79. The summed E-state index contributed by atoms with van der Waals surface area (Å²) < 4.78 is 12.2. The number of hydrogen-bond acceptors (Lipinski definition) is 4. The second kappa shape index (κ2) is 3.11. The first-order valence-electron chi connectivity index (χ1n) is 5.41. The summed E-state index contributed by atoms with van der Waals surface area (Å²) in [5.41, 5.74) is 1.04. The molecule has 0 radical (unpaired) electrons. The van der Waals surface area contributed by atoms with Crippen molar-refractivity contribution in [3.05, 3.63) is 29.3 Å². The molecule has 3 nitrogen and oxygen atoms in total. The van der Waals surface area contributed by atoms with Crippen LogP contribution >= 0.6 is 11.3 Å². The topological polar surface area (TPSA) is 31.4 Å². The van der Waals surface area contributed by atoms with Crippen LogP contribution in [0.4, 0.5) is 0 Å². The van der Waals surface area contributed by atoms with Crippen molar-refractivity contribution in [2.24, 2.45) is 0 Å². The summed E-state index contributed by atoms with van der Waals surface area (Å²) in [6.45, 7) is 2.31. The molecule has 4 heteroatoms. The first-order valence-corrected chi connectivity index (χ1v) is 6.23. The van der Waals surface area contributed by atoms with Crippen LogP contribution in [0.25, 0.3) is 21.0 Å². The monoisotopic (exact) mass is 243 g/mol. The molecule has 0 bridgehead atoms. The van der Waals surface area contributed by atoms with Crippen LogP contribution in [0.15, 0.2) is 24.3 Å². The predicted octanol–water partition coefficient (Wildman–Crippen LogP) is 3.49. The quantitative estimate of drug-likeness (QED) is 0.605. The molecule has 84 valence electrons. The molecule has 0 amide bonds. The lowest BCUT2D eigenvalue weighted by atomic mass is 10.1. The van der Waals surface area contributed by atoms with Gasteiger partial charge >= 0.3 is 0 Å². The maximum atomic E-state index is 5.57. The zero-order chi connectivity index (χ0) is 11.4. The average Bonchev–Trinajstić information content (AvgIpc) is 2.70. The van der Waals surface area contributed by atoms with Crippen LogP contribution < -0.4 is 9.47 Å². The summed E-state index contributed by atoms with van der Waals surface area (Å²) in [7, 11) is 0. The molecule has 0 spiro atoms. The van der Waals surface area contributed by atoms with E-state index in [1.807, 2.05) is 19.1 Å². The summed E-state index contributed by atoms with van der Waals surface area (Å²) in [5, 5.41) is 3.22. The lowest BCUT2D eigenvalue weighted by molar-refractivity contribution is 0.112. The van der Waals surface area contributed by atoms with Gasteiger partial charge in [-0.25, -0.2) is 4.98 Å². The van der Waals surface area contributed by atoms with E-state index in [2.05, 4.69) is 17.1 Å². The zero-order valence-corrected chi connectivity index (χ0v) is 10.0. The summed E-state index contributed by atoms with van der Waals surface area (Å²) in [4.78, 5) is 4.59. The minimum atomic E-state index is 0.287. The van der Waals surface area contributed by atoms with Crippen molar-refractivity contribution in [1.82, 2.24) is 4.98 Å². The van der Waals surface area contributed by atoms with E-state index >= 15 is 0 Å². The Kier molecular flexibility index (Phi) is 1.69. The van der Waals surface area contributed by atoms with Crippen molar-refractivity contribution in [1.29, 1.82) is 0 Å². The number of hydrogen-bond donors (Lipinski definition) is 0. The van der Waals surface area contributed by atoms with Gasteiger partial charge in [0.2, 0.25) is 6.79 Å². The van der Waals surface area contributed by atoms with Crippen LogP contribution in [-0.2, 0) is 0 Å². The molecule has 0 atom stereocenters. The molecule has 1 aliphatic rings. The van der Waals surface area contributed by atoms with Gasteiger partial charge in [0, 0.05) is 11.5 Å². The Morgan fingerprint density at radius 3 is 3.06 bits per heavy atom. The standard InChI is InChI=1S/C13H9NO2S/c1-7-14-13-8-3-2-4-9-12(8)10(16-6-15-9)5-11(13)17-7/h2-5H,6H2,1H3. The van der Waals surface area contributed by atoms with Gasteiger partial charge in [0.1, 0.15) is 11.5 Å². The Hall–Kier alpha value is -1.81. The smallest absolute Gasteiger partial charge is 0.230 e. The van der Waals surface area contributed by atoms with Crippen LogP contribution in [0.5, 0.6) is 11.5 Å². The van der Waals surface area contributed by atoms with Crippen LogP contribution in [0.2, 0.25) is 0 Å². The van der Waals surface area contributed by atoms with E-state index in [0.29, 0.717) is 0 Å². The fourth-order valence-electron chi connectivity index (χ4n) is 2.30. The fraction of sp³-hybridized carbons (Fsp3) is 0.154. The highest BCUT2D eigenvalue weighted by atomic mass is 32.1. The number of fused-ring (bicyclic) bond motifs is 2. The van der Waals surface area contributed by atoms with Gasteiger partial charge in [0.25, 0.3) is 0 Å². The number of thiazole rings is 1. The average molecular weight is 243 g/mol. The largest absolute Gasteiger partial charge is 0.457 e. The summed E-state index contributed by atoms with van der Waals surface area (Å²) >= 11 is 1.69. The number of ether oxygens (including phenoxy) is 2. The summed E-state index contributed by atoms with van der Waals surface area (Å²) in [6.07, 6.45) is 0. The second-order valence-electron chi connectivity index (χ2n) is 4.04. The molecule has 0 saturated carbocycles. The van der Waals surface area contributed by atoms with Crippen LogP contribution in [-0.4, -0.2) is 11.8 Å². The van der Waals surface area contributed by atoms with Gasteiger partial charge in [0.05, 0.1) is 20.6 Å². The number of benzene rings is 2. The maximum Gasteiger partial charge on any atom is 0.230 e. The van der Waals surface area contributed by atoms with Gasteiger partial charge in [-0.05, 0) is 13.0 Å². The molecule has 1 aromatic heterocycles. The lowest BCUT2D eigenvalue weighted by Crippen LogP contribution is -2.10. The molecule has 0 unspecified atom stereocenters. The van der Waals surface area contributed by atoms with Crippen molar-refractivity contribution in [2.75, 3.05) is 6.79 Å². The highest BCUT2D eigenvalue weighted by Gasteiger charge is 2.18. The van der Waals surface area contributed by atoms with Gasteiger partial charge in [-0.3, -0.25) is 0 Å². The summed E-state index contributed by atoms with van der Waals surface area (Å²) in [6, 6.07) is 8.11. The third-order valence-corrected chi connectivity index (χ3v) is 3.90. The van der Waals surface area contributed by atoms with Crippen molar-refractivity contribution < 1.29 is 9.47 Å². The molecule has 3 aromatic rings. The van der Waals surface area contributed by atoms with Crippen molar-refractivity contribution in [3.8, 4) is 11.5 Å². The number of aromatic nitrogens is 1. The van der Waals surface area contributed by atoms with Crippen molar-refractivity contribution >= 4 is 32.3 Å². The molecule has 17 heavy (non-hydrogen) atoms. The molecular formula is C13H9NO2S. The fourth-order valence-corrected chi connectivity index (χ4v) is 3.17. The molecule has 2 heterocycles. The Bertz CT molecular complexity index is 748. The van der Waals surface area contributed by atoms with Gasteiger partial charge < -0.3 is 9.47 Å². The highest BCUT2D eigenvalue weighted by molar-refractivity contribution is 7.18. The van der Waals surface area contributed by atoms with E-state index in [9.17, 15) is 0 Å². The van der Waals surface area contributed by atoms with Crippen molar-refractivity contribution in [2.45, 2.75) is 6.92 Å². The third kappa shape index (κ3) is 1.18. The van der Waals surface area contributed by atoms with Crippen molar-refractivity contribution in [3.63, 3.8) is 0 Å². The molecular weight excluding hydrogens is 234 g/mol. The highest BCUT2D eigenvalue weighted by Crippen LogP contribution is 2.42. The molecule has 4 rings (SSSR count). The molecule has 1 aliphatic heterocycles. The van der Waals surface area contributed by atoms with E-state index in [4.69, 9.17) is 9.47 Å². The predicted molar refractivity (Wildman–Crippen MR) is 68.0 cm³/mol. The van der Waals surface area contributed by atoms with Gasteiger partial charge in [-0.2, -0.15) is 0 Å².